The molecule has 6 N–H and O–H groups in total. The maximum Gasteiger partial charge on any atom is 0.326 e. The Morgan fingerprint density at radius 2 is 1.76 bits per heavy atom. The van der Waals surface area contributed by atoms with Crippen molar-refractivity contribution in [2.24, 2.45) is 46.3 Å². The fraction of sp³-hybridized carbons (Fsp3) is 0.763. The Bertz CT molecular complexity index is 1400. The van der Waals surface area contributed by atoms with Crippen LogP contribution in [0.2, 0.25) is 0 Å². The summed E-state index contributed by atoms with van der Waals surface area (Å²) in [5, 5.41) is 56.8. The predicted octanol–water partition coefficient (Wildman–Crippen LogP) is 4.56. The van der Waals surface area contributed by atoms with Crippen LogP contribution in [0.5, 0.6) is 11.5 Å². The summed E-state index contributed by atoms with van der Waals surface area (Å²) in [7, 11) is 0. The number of carboxylic acid groups (broad SMARTS) is 1. The number of phenolic OH excluding ortho intramolecular Hbond substituents is 1. The normalized spacial score (nSPS) is 36.8. The summed E-state index contributed by atoms with van der Waals surface area (Å²) in [6.45, 7) is 10.9. The minimum absolute atomic E-state index is 0.00459. The zero-order valence-electron chi connectivity index (χ0n) is 29.9. The molecule has 11 heteroatoms. The number of carboxylic acids is 1. The molecule has 0 radical (unpaired) electrons. The van der Waals surface area contributed by atoms with Crippen molar-refractivity contribution < 1.29 is 49.4 Å². The summed E-state index contributed by atoms with van der Waals surface area (Å²) < 4.78 is 10.7. The lowest BCUT2D eigenvalue weighted by atomic mass is 9.43. The van der Waals surface area contributed by atoms with E-state index in [-0.39, 0.29) is 82.7 Å². The van der Waals surface area contributed by atoms with Gasteiger partial charge in [-0.15, -0.1) is 0 Å². The number of nitrogens with one attached hydrogen (secondary N) is 1. The molecule has 1 aromatic rings. The number of aliphatic carboxylic acids is 1. The fourth-order valence-electron chi connectivity index (χ4n) is 10.8. The molecule has 0 aromatic heterocycles. The van der Waals surface area contributed by atoms with Crippen LogP contribution in [0.15, 0.2) is 18.2 Å². The van der Waals surface area contributed by atoms with Gasteiger partial charge in [0.25, 0.3) is 0 Å². The van der Waals surface area contributed by atoms with Gasteiger partial charge in [0, 0.05) is 33.6 Å². The van der Waals surface area contributed by atoms with Crippen LogP contribution in [0.3, 0.4) is 0 Å². The first-order valence-corrected chi connectivity index (χ1v) is 18.1. The quantitative estimate of drug-likeness (QED) is 0.143. The third-order valence-electron chi connectivity index (χ3n) is 13.2. The smallest absolute Gasteiger partial charge is 0.326 e. The monoisotopic (exact) mass is 687 g/mol. The minimum atomic E-state index is -1.33. The Morgan fingerprint density at radius 3 is 2.41 bits per heavy atom. The molecule has 1 amide bonds. The number of benzene rings is 1. The first kappa shape index (κ1) is 37.4. The van der Waals surface area contributed by atoms with E-state index in [0.29, 0.717) is 24.8 Å². The molecule has 5 rings (SSSR count). The molecule has 0 heterocycles. The predicted molar refractivity (Wildman–Crippen MR) is 180 cm³/mol. The fourth-order valence-corrected chi connectivity index (χ4v) is 10.8. The van der Waals surface area contributed by atoms with Crippen molar-refractivity contribution in [1.29, 1.82) is 0 Å². The van der Waals surface area contributed by atoms with Crippen LogP contribution in [0.4, 0.5) is 0 Å². The van der Waals surface area contributed by atoms with Crippen LogP contribution in [0, 0.1) is 46.3 Å². The first-order chi connectivity index (χ1) is 22.9. The minimum Gasteiger partial charge on any atom is -0.504 e. The summed E-state index contributed by atoms with van der Waals surface area (Å²) >= 11 is 0. The number of hydrogen-bond donors (Lipinski definition) is 6. The number of fused-ring (bicyclic) bond motifs is 5. The van der Waals surface area contributed by atoms with Gasteiger partial charge in [-0.1, -0.05) is 26.8 Å². The van der Waals surface area contributed by atoms with Gasteiger partial charge in [0.15, 0.2) is 11.5 Å². The lowest BCUT2D eigenvalue weighted by Gasteiger charge is -2.63. The van der Waals surface area contributed by atoms with Gasteiger partial charge < -0.3 is 40.3 Å². The molecule has 0 bridgehead atoms. The van der Waals surface area contributed by atoms with Gasteiger partial charge in [-0.05, 0) is 115 Å². The molecule has 1 aromatic carbocycles. The molecule has 4 aliphatic carbocycles. The molecule has 11 nitrogen and oxygen atoms in total. The number of phenols is 1. The molecule has 0 saturated heterocycles. The largest absolute Gasteiger partial charge is 0.504 e. The highest BCUT2D eigenvalue weighted by molar-refractivity contribution is 5.83. The molecule has 4 aliphatic rings. The highest BCUT2D eigenvalue weighted by atomic mass is 16.7. The molecule has 6 unspecified atom stereocenters. The number of aliphatic hydroxyl groups is 3. The summed E-state index contributed by atoms with van der Waals surface area (Å²) in [4.78, 5) is 36.5. The van der Waals surface area contributed by atoms with Crippen molar-refractivity contribution >= 4 is 17.8 Å². The van der Waals surface area contributed by atoms with Crippen molar-refractivity contribution in [3.63, 3.8) is 0 Å². The maximum atomic E-state index is 13.1. The number of hydrogen-bond acceptors (Lipinski definition) is 9. The molecule has 0 aliphatic heterocycles. The van der Waals surface area contributed by atoms with E-state index in [1.54, 1.807) is 6.07 Å². The zero-order valence-corrected chi connectivity index (χ0v) is 29.9. The Balaban J connectivity index is 1.19. The molecule has 4 fully saturated rings. The number of carbonyl (C=O) groups excluding carboxylic acids is 2. The molecule has 0 spiro atoms. The number of carbonyl (C=O) groups is 3. The van der Waals surface area contributed by atoms with Crippen LogP contribution in [-0.2, 0) is 25.5 Å². The SMILES string of the molecule is CC(=O)OC(C)(C)Oc1ccc(CC(NC(=O)CC[C@@H](C)C2CCC3C4C(C[C@H](O)[C@@]32C)[C@@]2(C)CC[C@@H](O)CC2C[C@H]4O)C(=O)O)cc1O. The van der Waals surface area contributed by atoms with Crippen LogP contribution in [-0.4, -0.2) is 73.5 Å². The first-order valence-electron chi connectivity index (χ1n) is 18.1. The number of rotatable bonds is 11. The van der Waals surface area contributed by atoms with Crippen molar-refractivity contribution in [3.8, 4) is 11.5 Å². The van der Waals surface area contributed by atoms with Crippen LogP contribution in [0.1, 0.15) is 105 Å². The summed E-state index contributed by atoms with van der Waals surface area (Å²) in [6, 6.07) is 3.19. The second-order valence-electron chi connectivity index (χ2n) is 16.6. The van der Waals surface area contributed by atoms with Crippen molar-refractivity contribution in [1.82, 2.24) is 5.32 Å². The van der Waals surface area contributed by atoms with Gasteiger partial charge in [0.05, 0.1) is 18.3 Å². The number of aromatic hydroxyl groups is 1. The average molecular weight is 688 g/mol. The van der Waals surface area contributed by atoms with E-state index in [4.69, 9.17) is 9.47 Å². The van der Waals surface area contributed by atoms with Gasteiger partial charge in [0.2, 0.25) is 11.7 Å². The van der Waals surface area contributed by atoms with Gasteiger partial charge in [-0.25, -0.2) is 4.79 Å². The second kappa shape index (κ2) is 14.0. The second-order valence-corrected chi connectivity index (χ2v) is 16.6. The van der Waals surface area contributed by atoms with E-state index in [2.05, 4.69) is 26.1 Å². The average Bonchev–Trinajstić information content (AvgIpc) is 3.36. The van der Waals surface area contributed by atoms with Crippen LogP contribution in [0.25, 0.3) is 0 Å². The van der Waals surface area contributed by atoms with E-state index in [1.165, 1.54) is 32.9 Å². The molecular weight excluding hydrogens is 630 g/mol. The van der Waals surface area contributed by atoms with Gasteiger partial charge >= 0.3 is 11.9 Å². The Labute approximate surface area is 289 Å². The highest BCUT2D eigenvalue weighted by Crippen LogP contribution is 2.68. The van der Waals surface area contributed by atoms with Crippen molar-refractivity contribution in [3.05, 3.63) is 23.8 Å². The van der Waals surface area contributed by atoms with Crippen molar-refractivity contribution in [2.45, 2.75) is 136 Å². The van der Waals surface area contributed by atoms with E-state index in [0.717, 1.165) is 32.1 Å². The lowest BCUT2D eigenvalue weighted by molar-refractivity contribution is -0.207. The molecular formula is C38H57NO10. The number of ether oxygens (including phenoxy) is 2. The molecule has 4 saturated carbocycles. The van der Waals surface area contributed by atoms with Crippen molar-refractivity contribution in [2.75, 3.05) is 0 Å². The summed E-state index contributed by atoms with van der Waals surface area (Å²) in [5.41, 5.74) is 0.0924. The third kappa shape index (κ3) is 7.45. The third-order valence-corrected chi connectivity index (χ3v) is 13.2. The Kier molecular flexibility index (Phi) is 10.7. The number of amides is 1. The van der Waals surface area contributed by atoms with Gasteiger partial charge in [-0.3, -0.25) is 9.59 Å². The standard InChI is InChI=1S/C38H57NO10/c1-20(7-12-33(45)39-28(35(46)47)15-22-8-11-31(29(42)16-22)49-36(3,4)48-21(2)40)25-9-10-26-34-27(19-32(44)38(25,26)6)37(5)14-13-24(41)17-23(37)18-30(34)43/h8,11,16,20,23-28,30,32,34,41-44H,7,9-10,12-15,17-19H2,1-6H3,(H,39,45)(H,46,47)/t20-,23?,24-,25?,26?,27?,28?,30-,32+,34?,37+,38-/m1/s1. The molecule has 274 valence electrons. The Hall–Kier alpha value is -2.89. The Morgan fingerprint density at radius 1 is 1.04 bits per heavy atom. The van der Waals surface area contributed by atoms with Gasteiger partial charge in [0.1, 0.15) is 6.04 Å². The topological polar surface area (TPSA) is 183 Å². The maximum absolute atomic E-state index is 13.1. The molecule has 12 atom stereocenters. The number of aliphatic hydroxyl groups excluding tert-OH is 3. The number of esters is 1. The summed E-state index contributed by atoms with van der Waals surface area (Å²) in [5.74, 6) is -2.60. The van der Waals surface area contributed by atoms with E-state index >= 15 is 0 Å². The zero-order chi connectivity index (χ0) is 36.1. The molecule has 49 heavy (non-hydrogen) atoms. The summed E-state index contributed by atoms with van der Waals surface area (Å²) in [6.07, 6.45) is 4.95. The highest BCUT2D eigenvalue weighted by Gasteiger charge is 2.65. The van der Waals surface area contributed by atoms with Gasteiger partial charge in [-0.2, -0.15) is 0 Å². The van der Waals surface area contributed by atoms with E-state index in [9.17, 15) is 39.9 Å². The van der Waals surface area contributed by atoms with Crippen LogP contribution < -0.4 is 10.1 Å². The van der Waals surface area contributed by atoms with E-state index in [1.807, 2.05) is 0 Å². The van der Waals surface area contributed by atoms with Crippen LogP contribution >= 0.6 is 0 Å². The van der Waals surface area contributed by atoms with E-state index < -0.39 is 36.0 Å². The lowest BCUT2D eigenvalue weighted by Crippen LogP contribution is -2.62.